The lowest BCUT2D eigenvalue weighted by Crippen LogP contribution is -2.39. The maximum atomic E-state index is 15.7. The molecular formula is C39H40F2N6O3. The van der Waals surface area contributed by atoms with Gasteiger partial charge in [-0.25, -0.2) is 13.8 Å². The molecule has 0 fully saturated rings. The van der Waals surface area contributed by atoms with Crippen molar-refractivity contribution in [3.63, 3.8) is 0 Å². The van der Waals surface area contributed by atoms with Gasteiger partial charge in [-0.2, -0.15) is 0 Å². The van der Waals surface area contributed by atoms with Gasteiger partial charge in [0.1, 0.15) is 17.4 Å². The molecule has 258 valence electrons. The Hall–Kier alpha value is -5.45. The van der Waals surface area contributed by atoms with Gasteiger partial charge in [-0.05, 0) is 74.9 Å². The molecule has 1 atom stereocenters. The van der Waals surface area contributed by atoms with E-state index in [1.54, 1.807) is 25.5 Å². The second-order valence-electron chi connectivity index (χ2n) is 12.6. The van der Waals surface area contributed by atoms with Crippen molar-refractivity contribution in [2.24, 2.45) is 15.7 Å². The van der Waals surface area contributed by atoms with E-state index in [1.807, 2.05) is 37.3 Å². The van der Waals surface area contributed by atoms with Gasteiger partial charge in [-0.3, -0.25) is 19.8 Å². The van der Waals surface area contributed by atoms with Gasteiger partial charge in [0.25, 0.3) is 0 Å². The molecule has 50 heavy (non-hydrogen) atoms. The number of aryl methyl sites for hydroxylation is 2. The van der Waals surface area contributed by atoms with Gasteiger partial charge >= 0.3 is 5.97 Å². The van der Waals surface area contributed by atoms with E-state index in [9.17, 15) is 4.79 Å². The van der Waals surface area contributed by atoms with E-state index in [0.717, 1.165) is 35.0 Å². The van der Waals surface area contributed by atoms with Crippen LogP contribution in [0.4, 0.5) is 8.78 Å². The number of rotatable bonds is 5. The van der Waals surface area contributed by atoms with E-state index in [1.165, 1.54) is 31.3 Å². The standard InChI is InChI=1S/C39H40F2N6O3/c1-4-49-35(48)14-11-24-8-7-9-25(18-24)39(2)16-6-5-10-26-22-46-27(23-45-26)19-30-29-15-17-44-34(29)21-33(41)36(30)50-28-12-13-32(40)31(20-28)37(43-3)47-38(39)42/h7-9,12-13,15,17-18,20-23,44H,4-6,10-11,14,16,19H2,1-3H3,(H2,42,43,47). The van der Waals surface area contributed by atoms with Crippen molar-refractivity contribution >= 4 is 28.5 Å². The third-order valence-corrected chi connectivity index (χ3v) is 9.23. The van der Waals surface area contributed by atoms with E-state index < -0.39 is 17.0 Å². The molecule has 2 aliphatic heterocycles. The van der Waals surface area contributed by atoms with Gasteiger partial charge in [-0.15, -0.1) is 0 Å². The monoisotopic (exact) mass is 678 g/mol. The predicted octanol–water partition coefficient (Wildman–Crippen LogP) is 7.53. The highest BCUT2D eigenvalue weighted by atomic mass is 19.1. The molecule has 4 heterocycles. The first-order valence-electron chi connectivity index (χ1n) is 16.8. The molecule has 0 saturated heterocycles. The van der Waals surface area contributed by atoms with Gasteiger partial charge < -0.3 is 20.2 Å². The van der Waals surface area contributed by atoms with Gasteiger partial charge in [0, 0.05) is 66.4 Å². The van der Waals surface area contributed by atoms with Gasteiger partial charge in [0.05, 0.1) is 23.6 Å². The van der Waals surface area contributed by atoms with Crippen LogP contribution in [0.1, 0.15) is 73.2 Å². The zero-order valence-electron chi connectivity index (χ0n) is 28.4. The summed E-state index contributed by atoms with van der Waals surface area (Å²) in [6.45, 7) is 4.13. The van der Waals surface area contributed by atoms with Crippen LogP contribution in [0.5, 0.6) is 11.5 Å². The summed E-state index contributed by atoms with van der Waals surface area (Å²) in [5.74, 6) is -0.896. The summed E-state index contributed by atoms with van der Waals surface area (Å²) in [5.41, 5.74) is 10.7. The lowest BCUT2D eigenvalue weighted by Gasteiger charge is -2.30. The first kappa shape index (κ1) is 34.4. The Morgan fingerprint density at radius 2 is 1.88 bits per heavy atom. The molecule has 7 rings (SSSR count). The predicted molar refractivity (Wildman–Crippen MR) is 190 cm³/mol. The molecule has 2 aromatic heterocycles. The van der Waals surface area contributed by atoms with Crippen molar-refractivity contribution in [1.82, 2.24) is 15.0 Å². The Balaban J connectivity index is 1.43. The molecule has 0 spiro atoms. The Morgan fingerprint density at radius 1 is 1.06 bits per heavy atom. The first-order valence-corrected chi connectivity index (χ1v) is 16.8. The number of nitrogens with two attached hydrogens (primary N) is 1. The Bertz CT molecular complexity index is 2070. The van der Waals surface area contributed by atoms with Crippen molar-refractivity contribution in [3.8, 4) is 11.5 Å². The van der Waals surface area contributed by atoms with Crippen LogP contribution >= 0.6 is 0 Å². The Morgan fingerprint density at radius 3 is 2.66 bits per heavy atom. The fourth-order valence-electron chi connectivity index (χ4n) is 6.37. The average molecular weight is 679 g/mol. The number of amidine groups is 2. The normalized spacial score (nSPS) is 17.7. The minimum Gasteiger partial charge on any atom is -0.466 e. The summed E-state index contributed by atoms with van der Waals surface area (Å²) in [4.78, 5) is 33.6. The number of carbonyl (C=O) groups is 1. The van der Waals surface area contributed by atoms with Crippen molar-refractivity contribution in [1.29, 1.82) is 0 Å². The van der Waals surface area contributed by atoms with Crippen LogP contribution < -0.4 is 10.5 Å². The van der Waals surface area contributed by atoms with E-state index in [0.29, 0.717) is 42.6 Å². The molecule has 2 aliphatic rings. The Kier molecular flexibility index (Phi) is 10.3. The van der Waals surface area contributed by atoms with E-state index in [2.05, 4.69) is 19.9 Å². The van der Waals surface area contributed by atoms with Crippen molar-refractivity contribution in [2.75, 3.05) is 13.7 Å². The second kappa shape index (κ2) is 15.0. The molecule has 11 heteroatoms. The maximum Gasteiger partial charge on any atom is 0.306 e. The molecule has 0 radical (unpaired) electrons. The SMILES string of the molecule is CCOC(=O)CCc1cccc(C2(C)CCCCc3cnc(cn3)Cc3c(c(F)cc4[nH]ccc34)Oc3ccc(F)c(c3)C(=NC)N=C2N)c1. The number of fused-ring (bicyclic) bond motifs is 9. The quantitative estimate of drug-likeness (QED) is 0.185. The number of ether oxygens (including phenoxy) is 2. The minimum atomic E-state index is -0.775. The summed E-state index contributed by atoms with van der Waals surface area (Å²) in [6.07, 6.45) is 9.14. The number of aliphatic imine (C=N–C) groups is 2. The fourth-order valence-corrected chi connectivity index (χ4v) is 6.37. The summed E-state index contributed by atoms with van der Waals surface area (Å²) in [7, 11) is 1.52. The van der Waals surface area contributed by atoms with Crippen LogP contribution in [-0.2, 0) is 34.2 Å². The summed E-state index contributed by atoms with van der Waals surface area (Å²) in [5, 5.41) is 0.776. The van der Waals surface area contributed by atoms with Crippen LogP contribution in [0, 0.1) is 11.6 Å². The average Bonchev–Trinajstić information content (AvgIpc) is 3.59. The number of nitrogens with zero attached hydrogens (tertiary/aromatic N) is 4. The largest absolute Gasteiger partial charge is 0.466 e. The van der Waals surface area contributed by atoms with Gasteiger partial charge in [0.2, 0.25) is 0 Å². The molecule has 0 saturated carbocycles. The molecular weight excluding hydrogens is 638 g/mol. The maximum absolute atomic E-state index is 15.7. The van der Waals surface area contributed by atoms with Crippen molar-refractivity contribution < 1.29 is 23.0 Å². The van der Waals surface area contributed by atoms with Crippen LogP contribution in [0.25, 0.3) is 10.9 Å². The highest BCUT2D eigenvalue weighted by Crippen LogP contribution is 2.37. The Labute approximate surface area is 289 Å². The molecule has 9 nitrogen and oxygen atoms in total. The zero-order valence-corrected chi connectivity index (χ0v) is 28.4. The fraction of sp³-hybridized carbons (Fsp3) is 0.308. The molecule has 3 N–H and O–H groups in total. The number of hydrogen-bond acceptors (Lipinski definition) is 7. The third-order valence-electron chi connectivity index (χ3n) is 9.23. The molecule has 3 aromatic carbocycles. The van der Waals surface area contributed by atoms with E-state index in [4.69, 9.17) is 20.2 Å². The van der Waals surface area contributed by atoms with Crippen molar-refractivity contribution in [2.45, 2.75) is 64.2 Å². The highest BCUT2D eigenvalue weighted by molar-refractivity contribution is 6.09. The second-order valence-corrected chi connectivity index (χ2v) is 12.6. The molecule has 0 aliphatic carbocycles. The molecule has 5 aromatic rings. The molecule has 1 unspecified atom stereocenters. The van der Waals surface area contributed by atoms with Crippen LogP contribution in [0.2, 0.25) is 0 Å². The lowest BCUT2D eigenvalue weighted by molar-refractivity contribution is -0.143. The van der Waals surface area contributed by atoms with Crippen LogP contribution in [0.3, 0.4) is 0 Å². The molecule has 0 amide bonds. The number of halogens is 2. The number of nitrogens with one attached hydrogen (secondary N) is 1. The highest BCUT2D eigenvalue weighted by Gasteiger charge is 2.32. The van der Waals surface area contributed by atoms with Crippen molar-refractivity contribution in [3.05, 3.63) is 118 Å². The smallest absolute Gasteiger partial charge is 0.306 e. The third kappa shape index (κ3) is 7.41. The van der Waals surface area contributed by atoms with Crippen LogP contribution in [0.15, 0.2) is 83.2 Å². The summed E-state index contributed by atoms with van der Waals surface area (Å²) in [6, 6.07) is 15.3. The van der Waals surface area contributed by atoms with Crippen LogP contribution in [-0.4, -0.2) is 46.2 Å². The molecule has 4 bridgehead atoms. The number of benzene rings is 3. The number of esters is 1. The minimum absolute atomic E-state index is 0.00636. The van der Waals surface area contributed by atoms with Gasteiger partial charge in [0.15, 0.2) is 17.4 Å². The first-order chi connectivity index (χ1) is 24.2. The summed E-state index contributed by atoms with van der Waals surface area (Å²) >= 11 is 0. The topological polar surface area (TPSA) is 128 Å². The van der Waals surface area contributed by atoms with E-state index >= 15 is 8.78 Å². The summed E-state index contributed by atoms with van der Waals surface area (Å²) < 4.78 is 42.5. The lowest BCUT2D eigenvalue weighted by atomic mass is 9.76. The number of aromatic amines is 1. The van der Waals surface area contributed by atoms with E-state index in [-0.39, 0.29) is 47.5 Å². The zero-order chi connectivity index (χ0) is 35.3. The van der Waals surface area contributed by atoms with Gasteiger partial charge in [-0.1, -0.05) is 30.7 Å². The number of H-pyrrole nitrogens is 1. The number of hydrogen-bond donors (Lipinski definition) is 2. The number of aromatic nitrogens is 3. The number of carbonyl (C=O) groups excluding carboxylic acids is 1.